The van der Waals surface area contributed by atoms with Gasteiger partial charge < -0.3 is 20.1 Å². The van der Waals surface area contributed by atoms with E-state index in [9.17, 15) is 0 Å². The molecule has 194 valence electrons. The third kappa shape index (κ3) is 5.71. The summed E-state index contributed by atoms with van der Waals surface area (Å²) in [6.45, 7) is 2.38. The molecule has 2 aromatic heterocycles. The Kier molecular flexibility index (Phi) is 7.09. The van der Waals surface area contributed by atoms with Gasteiger partial charge in [0.05, 0.1) is 18.7 Å². The predicted octanol–water partition coefficient (Wildman–Crippen LogP) is 6.01. The zero-order valence-electron chi connectivity index (χ0n) is 21.6. The van der Waals surface area contributed by atoms with Gasteiger partial charge in [-0.25, -0.2) is 9.97 Å². The molecular weight excluding hydrogens is 488 g/mol. The molecule has 0 amide bonds. The summed E-state index contributed by atoms with van der Waals surface area (Å²) in [5.41, 5.74) is 7.10. The minimum Gasteiger partial charge on any atom is -0.491 e. The molecule has 3 aromatic carbocycles. The van der Waals surface area contributed by atoms with Crippen molar-refractivity contribution in [3.05, 3.63) is 102 Å². The Bertz CT molecular complexity index is 1640. The Hall–Kier alpha value is -4.82. The number of hydrogen-bond acceptors (Lipinski definition) is 8. The molecule has 6 rings (SSSR count). The molecule has 0 atom stereocenters. The summed E-state index contributed by atoms with van der Waals surface area (Å²) < 4.78 is 11.0. The number of benzene rings is 3. The minimum atomic E-state index is 0.465. The zero-order chi connectivity index (χ0) is 26.4. The Morgan fingerprint density at radius 1 is 0.897 bits per heavy atom. The van der Waals surface area contributed by atoms with Gasteiger partial charge in [0.25, 0.3) is 0 Å². The highest BCUT2D eigenvalue weighted by atomic mass is 16.5. The van der Waals surface area contributed by atoms with Gasteiger partial charge in [0.1, 0.15) is 18.2 Å². The fourth-order valence-electron chi connectivity index (χ4n) is 4.46. The van der Waals surface area contributed by atoms with Gasteiger partial charge in [0.2, 0.25) is 0 Å². The highest BCUT2D eigenvalue weighted by Gasteiger charge is 2.14. The lowest BCUT2D eigenvalue weighted by molar-refractivity contribution is 0.146. The van der Waals surface area contributed by atoms with Crippen LogP contribution < -0.4 is 15.4 Å². The van der Waals surface area contributed by atoms with Crippen molar-refractivity contribution in [2.45, 2.75) is 13.1 Å². The molecule has 39 heavy (non-hydrogen) atoms. The average molecular weight is 517 g/mol. The standard InChI is InChI=1S/C31H28N6O2/c1-38-12-13-39-27-9-10-29-28(16-27)31(35-26-8-7-23-19-33-20-24(23)15-26)37-30(36-29)22-5-2-6-25(14-22)34-18-21-4-3-11-32-17-21/h2-11,14-17,20,34H,12-13,18-19H2,1H3,(H,35,36,37). The number of fused-ring (bicyclic) bond motifs is 2. The number of pyridine rings is 1. The molecule has 0 spiro atoms. The third-order valence-electron chi connectivity index (χ3n) is 6.46. The Labute approximate surface area is 226 Å². The predicted molar refractivity (Wildman–Crippen MR) is 155 cm³/mol. The van der Waals surface area contributed by atoms with Crippen molar-refractivity contribution >= 4 is 34.3 Å². The first-order valence-electron chi connectivity index (χ1n) is 12.8. The second-order valence-corrected chi connectivity index (χ2v) is 9.22. The third-order valence-corrected chi connectivity index (χ3v) is 6.46. The molecule has 5 aromatic rings. The monoisotopic (exact) mass is 516 g/mol. The van der Waals surface area contributed by atoms with Crippen LogP contribution in [0.15, 0.2) is 90.2 Å². The second-order valence-electron chi connectivity index (χ2n) is 9.22. The molecule has 8 nitrogen and oxygen atoms in total. The van der Waals surface area contributed by atoms with Gasteiger partial charge in [0.15, 0.2) is 5.82 Å². The van der Waals surface area contributed by atoms with E-state index in [1.54, 1.807) is 13.3 Å². The summed E-state index contributed by atoms with van der Waals surface area (Å²) in [6, 6.07) is 24.2. The van der Waals surface area contributed by atoms with Crippen LogP contribution in [0.25, 0.3) is 22.3 Å². The van der Waals surface area contributed by atoms with E-state index in [4.69, 9.17) is 19.4 Å². The average Bonchev–Trinajstić information content (AvgIpc) is 3.45. The summed E-state index contributed by atoms with van der Waals surface area (Å²) >= 11 is 0. The minimum absolute atomic E-state index is 0.465. The van der Waals surface area contributed by atoms with Crippen molar-refractivity contribution in [1.29, 1.82) is 0 Å². The fraction of sp³-hybridized carbons (Fsp3) is 0.161. The summed E-state index contributed by atoms with van der Waals surface area (Å²) in [6.07, 6.45) is 5.55. The van der Waals surface area contributed by atoms with Gasteiger partial charge in [0, 0.05) is 54.6 Å². The van der Waals surface area contributed by atoms with Crippen molar-refractivity contribution in [2.75, 3.05) is 31.0 Å². The summed E-state index contributed by atoms with van der Waals surface area (Å²) in [5.74, 6) is 2.07. The first-order valence-corrected chi connectivity index (χ1v) is 12.8. The van der Waals surface area contributed by atoms with Gasteiger partial charge >= 0.3 is 0 Å². The van der Waals surface area contributed by atoms with Gasteiger partial charge in [-0.15, -0.1) is 0 Å². The van der Waals surface area contributed by atoms with Crippen molar-refractivity contribution in [3.63, 3.8) is 0 Å². The number of nitrogens with one attached hydrogen (secondary N) is 2. The molecule has 1 aliphatic heterocycles. The number of hydrogen-bond donors (Lipinski definition) is 2. The Morgan fingerprint density at radius 3 is 2.77 bits per heavy atom. The van der Waals surface area contributed by atoms with E-state index in [1.807, 2.05) is 60.9 Å². The van der Waals surface area contributed by atoms with Crippen molar-refractivity contribution < 1.29 is 9.47 Å². The highest BCUT2D eigenvalue weighted by molar-refractivity contribution is 5.94. The molecule has 3 heterocycles. The van der Waals surface area contributed by atoms with Crippen molar-refractivity contribution in [2.24, 2.45) is 4.99 Å². The lowest BCUT2D eigenvalue weighted by Gasteiger charge is -2.14. The number of aliphatic imine (C=N–C) groups is 1. The normalized spacial score (nSPS) is 11.9. The van der Waals surface area contributed by atoms with E-state index in [-0.39, 0.29) is 0 Å². The van der Waals surface area contributed by atoms with E-state index in [0.717, 1.165) is 51.3 Å². The first kappa shape index (κ1) is 24.5. The molecule has 0 aliphatic carbocycles. The maximum absolute atomic E-state index is 5.88. The van der Waals surface area contributed by atoms with Gasteiger partial charge in [-0.3, -0.25) is 9.98 Å². The maximum Gasteiger partial charge on any atom is 0.162 e. The van der Waals surface area contributed by atoms with Crippen LogP contribution in [0.4, 0.5) is 17.2 Å². The van der Waals surface area contributed by atoms with Gasteiger partial charge in [-0.1, -0.05) is 24.3 Å². The van der Waals surface area contributed by atoms with Gasteiger partial charge in [-0.2, -0.15) is 0 Å². The first-order chi connectivity index (χ1) is 19.2. The summed E-state index contributed by atoms with van der Waals surface area (Å²) in [4.78, 5) is 18.5. The number of aromatic nitrogens is 3. The molecule has 1 aliphatic rings. The van der Waals surface area contributed by atoms with E-state index in [1.165, 1.54) is 5.56 Å². The molecule has 0 bridgehead atoms. The van der Waals surface area contributed by atoms with Gasteiger partial charge in [-0.05, 0) is 65.2 Å². The van der Waals surface area contributed by atoms with Crippen LogP contribution in [-0.2, 0) is 17.8 Å². The highest BCUT2D eigenvalue weighted by Crippen LogP contribution is 2.32. The van der Waals surface area contributed by atoms with E-state index < -0.39 is 0 Å². The van der Waals surface area contributed by atoms with E-state index in [0.29, 0.717) is 31.4 Å². The molecule has 0 unspecified atom stereocenters. The number of ether oxygens (including phenoxy) is 2. The summed E-state index contributed by atoms with van der Waals surface area (Å²) in [5, 5.41) is 7.86. The molecule has 8 heteroatoms. The van der Waals surface area contributed by atoms with Crippen LogP contribution in [0.1, 0.15) is 16.7 Å². The fourth-order valence-corrected chi connectivity index (χ4v) is 4.46. The quantitative estimate of drug-likeness (QED) is 0.220. The van der Waals surface area contributed by atoms with Crippen molar-refractivity contribution in [1.82, 2.24) is 15.0 Å². The lowest BCUT2D eigenvalue weighted by atomic mass is 10.1. The zero-order valence-corrected chi connectivity index (χ0v) is 21.6. The molecule has 0 saturated heterocycles. The largest absolute Gasteiger partial charge is 0.491 e. The van der Waals surface area contributed by atoms with Crippen molar-refractivity contribution in [3.8, 4) is 17.1 Å². The number of rotatable bonds is 10. The molecular formula is C31H28N6O2. The van der Waals surface area contributed by atoms with Crippen LogP contribution >= 0.6 is 0 Å². The molecule has 0 saturated carbocycles. The second kappa shape index (κ2) is 11.3. The summed E-state index contributed by atoms with van der Waals surface area (Å²) in [7, 11) is 1.66. The van der Waals surface area contributed by atoms with Crippen LogP contribution in [0, 0.1) is 0 Å². The number of methoxy groups -OCH3 is 1. The SMILES string of the molecule is COCCOc1ccc2nc(-c3cccc(NCc4cccnc4)c3)nc(Nc3ccc4c(c3)C=NC4)c2c1. The van der Waals surface area contributed by atoms with Crippen LogP contribution in [0.2, 0.25) is 0 Å². The molecule has 0 fully saturated rings. The molecule has 2 N–H and O–H groups in total. The Balaban J connectivity index is 1.35. The lowest BCUT2D eigenvalue weighted by Crippen LogP contribution is -2.05. The Morgan fingerprint density at radius 2 is 1.87 bits per heavy atom. The maximum atomic E-state index is 5.88. The van der Waals surface area contributed by atoms with Crippen LogP contribution in [0.5, 0.6) is 5.75 Å². The van der Waals surface area contributed by atoms with E-state index >= 15 is 0 Å². The smallest absolute Gasteiger partial charge is 0.162 e. The van der Waals surface area contributed by atoms with E-state index in [2.05, 4.69) is 44.9 Å². The topological polar surface area (TPSA) is 93.5 Å². The van der Waals surface area contributed by atoms with Crippen LogP contribution in [0.3, 0.4) is 0 Å². The number of nitrogens with zero attached hydrogens (tertiary/aromatic N) is 4. The molecule has 0 radical (unpaired) electrons. The van der Waals surface area contributed by atoms with Crippen LogP contribution in [-0.4, -0.2) is 41.5 Å². The number of anilines is 3.